The smallest absolute Gasteiger partial charge is 0.0541 e. The number of fused-ring (bicyclic) bond motifs is 12. The predicted molar refractivity (Wildman–Crippen MR) is 491 cm³/mol. The highest BCUT2D eigenvalue weighted by atomic mass is 79.9. The van der Waals surface area contributed by atoms with Crippen molar-refractivity contribution in [3.8, 4) is 67.3 Å². The molecule has 0 aliphatic rings. The number of halogens is 1. The van der Waals surface area contributed by atoms with Gasteiger partial charge in [-0.3, -0.25) is 0 Å². The lowest BCUT2D eigenvalue weighted by molar-refractivity contribution is 1.17. The average Bonchev–Trinajstić information content (AvgIpc) is 1.62. The van der Waals surface area contributed by atoms with Gasteiger partial charge in [-0.1, -0.05) is 283 Å². The van der Waals surface area contributed by atoms with Gasteiger partial charge < -0.3 is 28.5 Å². The summed E-state index contributed by atoms with van der Waals surface area (Å²) >= 11 is 3.50. The summed E-state index contributed by atoms with van der Waals surface area (Å²) in [5, 5.41) is 13.7. The first-order valence-electron chi connectivity index (χ1n) is 39.1. The largest absolute Gasteiger partial charge is 0.356 e. The van der Waals surface area contributed by atoms with Crippen LogP contribution < -0.4 is 10.2 Å². The van der Waals surface area contributed by atoms with Gasteiger partial charge in [-0.15, -0.1) is 0 Å². The molecule has 0 saturated heterocycles. The molecule has 22 aromatic rings. The molecule has 22 rings (SSSR count). The fourth-order valence-corrected chi connectivity index (χ4v) is 17.0. The summed E-state index contributed by atoms with van der Waals surface area (Å²) in [6.07, 6.45) is 0. The van der Waals surface area contributed by atoms with Crippen molar-refractivity contribution in [2.75, 3.05) is 10.2 Å². The van der Waals surface area contributed by atoms with Crippen LogP contribution in [0.1, 0.15) is 0 Å². The second-order valence-corrected chi connectivity index (χ2v) is 29.9. The molecule has 0 aliphatic heterocycles. The lowest BCUT2D eigenvalue weighted by Crippen LogP contribution is -2.10. The number of hydrogen-bond donors (Lipinski definition) is 1. The predicted octanol–water partition coefficient (Wildman–Crippen LogP) is 30.1. The molecule has 0 spiro atoms. The zero-order valence-electron chi connectivity index (χ0n) is 62.8. The Morgan fingerprint density at radius 1 is 0.174 bits per heavy atom. The van der Waals surface area contributed by atoms with E-state index in [1.54, 1.807) is 0 Å². The molecular weight excluding hydrogens is 1460 g/mol. The lowest BCUT2D eigenvalue weighted by atomic mass is 10.0. The van der Waals surface area contributed by atoms with E-state index < -0.39 is 0 Å². The summed E-state index contributed by atoms with van der Waals surface area (Å²) in [7, 11) is 0. The van der Waals surface area contributed by atoms with E-state index in [2.05, 4.69) is 487 Å². The first kappa shape index (κ1) is 69.4. The van der Waals surface area contributed by atoms with E-state index in [-0.39, 0.29) is 0 Å². The van der Waals surface area contributed by atoms with E-state index in [1.165, 1.54) is 149 Å². The van der Waals surface area contributed by atoms with Crippen LogP contribution in [0.4, 0.5) is 28.4 Å². The van der Waals surface area contributed by atoms with Crippen molar-refractivity contribution in [1.82, 2.24) is 18.3 Å². The van der Waals surface area contributed by atoms with Crippen LogP contribution in [0.2, 0.25) is 0 Å². The number of nitrogens with zero attached hydrogens (tertiary/aromatic N) is 5. The van der Waals surface area contributed by atoms with E-state index >= 15 is 0 Å². The third-order valence-electron chi connectivity index (χ3n) is 22.2. The molecular formula is C108H75BrN6. The van der Waals surface area contributed by atoms with Crippen LogP contribution in [0.5, 0.6) is 0 Å². The number of anilines is 5. The Kier molecular flexibility index (Phi) is 18.4. The number of hydrogen-bond acceptors (Lipinski definition) is 2. The van der Waals surface area contributed by atoms with Gasteiger partial charge in [0.15, 0.2) is 0 Å². The maximum Gasteiger partial charge on any atom is 0.0541 e. The van der Waals surface area contributed by atoms with E-state index in [0.29, 0.717) is 0 Å². The second-order valence-electron chi connectivity index (χ2n) is 29.0. The fourth-order valence-electron chi connectivity index (χ4n) is 16.7. The van der Waals surface area contributed by atoms with E-state index in [9.17, 15) is 0 Å². The molecule has 18 aromatic carbocycles. The monoisotopic (exact) mass is 1530 g/mol. The molecule has 0 amide bonds. The number of aromatic nitrogens is 4. The van der Waals surface area contributed by atoms with Crippen molar-refractivity contribution in [3.63, 3.8) is 0 Å². The number of nitrogens with one attached hydrogen (secondary N) is 1. The Balaban J connectivity index is 0.000000126. The van der Waals surface area contributed by atoms with E-state index in [4.69, 9.17) is 0 Å². The Morgan fingerprint density at radius 3 is 0.713 bits per heavy atom. The Morgan fingerprint density at radius 2 is 0.391 bits per heavy atom. The summed E-state index contributed by atoms with van der Waals surface area (Å²) < 4.78 is 10.5. The molecule has 0 atom stereocenters. The molecule has 0 aliphatic carbocycles. The minimum absolute atomic E-state index is 1.07. The molecule has 115 heavy (non-hydrogen) atoms. The van der Waals surface area contributed by atoms with Crippen molar-refractivity contribution in [2.24, 2.45) is 0 Å². The minimum Gasteiger partial charge on any atom is -0.356 e. The molecule has 0 fully saturated rings. The Bertz CT molecular complexity index is 7130. The molecule has 0 bridgehead atoms. The topological polar surface area (TPSA) is 35.0 Å². The maximum atomic E-state index is 3.53. The van der Waals surface area contributed by atoms with Crippen LogP contribution >= 0.6 is 15.9 Å². The zero-order chi connectivity index (χ0) is 76.5. The van der Waals surface area contributed by atoms with Gasteiger partial charge in [0.05, 0.1) is 44.1 Å². The van der Waals surface area contributed by atoms with Gasteiger partial charge in [0, 0.05) is 98.7 Å². The Labute approximate surface area is 675 Å². The second kappa shape index (κ2) is 30.5. The van der Waals surface area contributed by atoms with Crippen LogP contribution in [-0.4, -0.2) is 18.3 Å². The average molecular weight is 1540 g/mol. The van der Waals surface area contributed by atoms with Gasteiger partial charge in [0.1, 0.15) is 0 Å². The minimum atomic E-state index is 1.07. The molecule has 4 heterocycles. The van der Waals surface area contributed by atoms with Gasteiger partial charge in [0.2, 0.25) is 0 Å². The number of rotatable bonds is 13. The van der Waals surface area contributed by atoms with Crippen molar-refractivity contribution < 1.29 is 0 Å². The SMILES string of the molecule is Brc1ccc(-n2c3ccccc3c3ccccc32)cc1.c1ccc(-c2ccc(N(c3ccc(-c4ccc5c(c4)c4ccccc4n5-c4ccccc4)cc3)c3ccc(-n4c5ccccc5c5ccccc54)cc3)cc2)cc1.c1ccc(-c2ccc(Nc3ccc(-c4ccc5c(c4)c4ccccc4n5-c4ccccc4)cc3)cc2)cc1. The molecule has 544 valence electrons. The highest BCUT2D eigenvalue weighted by Crippen LogP contribution is 2.43. The van der Waals surface area contributed by atoms with Gasteiger partial charge >= 0.3 is 0 Å². The van der Waals surface area contributed by atoms with Crippen LogP contribution in [0.3, 0.4) is 0 Å². The van der Waals surface area contributed by atoms with Crippen LogP contribution in [0.15, 0.2) is 453 Å². The summed E-state index contributed by atoms with van der Waals surface area (Å²) in [6.45, 7) is 0. The summed E-state index contributed by atoms with van der Waals surface area (Å²) in [4.78, 5) is 2.35. The van der Waals surface area contributed by atoms with Gasteiger partial charge in [-0.05, 0) is 226 Å². The van der Waals surface area contributed by atoms with E-state index in [0.717, 1.165) is 38.6 Å². The summed E-state index contributed by atoms with van der Waals surface area (Å²) in [5.41, 5.74) is 29.5. The third-order valence-corrected chi connectivity index (χ3v) is 22.7. The highest BCUT2D eigenvalue weighted by molar-refractivity contribution is 9.10. The van der Waals surface area contributed by atoms with Gasteiger partial charge in [-0.25, -0.2) is 0 Å². The van der Waals surface area contributed by atoms with Crippen molar-refractivity contribution in [1.29, 1.82) is 0 Å². The van der Waals surface area contributed by atoms with Crippen molar-refractivity contribution in [2.45, 2.75) is 0 Å². The molecule has 7 heteroatoms. The first-order valence-corrected chi connectivity index (χ1v) is 39.8. The zero-order valence-corrected chi connectivity index (χ0v) is 64.4. The third kappa shape index (κ3) is 13.3. The maximum absolute atomic E-state index is 3.53. The molecule has 1 N–H and O–H groups in total. The van der Waals surface area contributed by atoms with Gasteiger partial charge in [-0.2, -0.15) is 0 Å². The first-order chi connectivity index (χ1) is 57.0. The van der Waals surface area contributed by atoms with Crippen molar-refractivity contribution in [3.05, 3.63) is 453 Å². The Hall–Kier alpha value is -14.8. The molecule has 0 radical (unpaired) electrons. The fraction of sp³-hybridized carbons (Fsp3) is 0. The van der Waals surface area contributed by atoms with Gasteiger partial charge in [0.25, 0.3) is 0 Å². The number of benzene rings is 18. The quantitative estimate of drug-likeness (QED) is 0.125. The molecule has 0 saturated carbocycles. The molecule has 6 nitrogen and oxygen atoms in total. The highest BCUT2D eigenvalue weighted by Gasteiger charge is 2.20. The van der Waals surface area contributed by atoms with Crippen molar-refractivity contribution >= 4 is 132 Å². The lowest BCUT2D eigenvalue weighted by Gasteiger charge is -2.26. The summed E-state index contributed by atoms with van der Waals surface area (Å²) in [5.74, 6) is 0. The standard InChI is InChI=1S/C54H37N3.C36H26N2.C18H12BrN/c1-3-13-38(14-4-1)39-23-28-43(29-24-39)55(45-32-34-46(35-33-45)57-51-20-10-7-17-47(51)48-18-8-11-21-52(48)57)44-30-25-40(26-31-44)41-27-36-54-50(37-41)49-19-9-12-22-53(49)56(54)42-15-5-2-6-16-42;1-3-9-26(10-4-1)27-15-20-30(21-16-27)37-31-22-17-28(18-23-31)29-19-24-36-34(25-29)33-13-7-8-14-35(33)38(36)32-11-5-2-6-12-32;19-13-9-11-14(12-10-13)20-17-7-3-1-5-15(17)16-6-2-4-8-18(16)20/h1-37H;1-25,37H;1-12H. The van der Waals surface area contributed by atoms with Crippen LogP contribution in [-0.2, 0) is 0 Å². The van der Waals surface area contributed by atoms with Crippen LogP contribution in [0.25, 0.3) is 154 Å². The number of para-hydroxylation sites is 8. The molecule has 4 aromatic heterocycles. The van der Waals surface area contributed by atoms with E-state index in [1.807, 2.05) is 6.07 Å². The summed E-state index contributed by atoms with van der Waals surface area (Å²) in [6, 6.07) is 160. The normalized spacial score (nSPS) is 11.3. The van der Waals surface area contributed by atoms with Crippen LogP contribution in [0, 0.1) is 0 Å². The molecule has 0 unspecified atom stereocenters.